The summed E-state index contributed by atoms with van der Waals surface area (Å²) in [6.45, 7) is 3.40. The highest BCUT2D eigenvalue weighted by atomic mass is 32.1. The Hall–Kier alpha value is -1.78. The normalized spacial score (nSPS) is 15.1. The summed E-state index contributed by atoms with van der Waals surface area (Å²) in [5.41, 5.74) is 6.69. The number of hydrogen-bond donors (Lipinski definition) is 2. The number of nitrogen functional groups attached to an aromatic ring is 1. The van der Waals surface area contributed by atoms with Crippen LogP contribution < -0.4 is 16.0 Å². The van der Waals surface area contributed by atoms with Gasteiger partial charge in [0.05, 0.1) is 5.69 Å². The highest BCUT2D eigenvalue weighted by Crippen LogP contribution is 2.38. The van der Waals surface area contributed by atoms with Gasteiger partial charge < -0.3 is 20.9 Å². The Labute approximate surface area is 116 Å². The number of anilines is 2. The predicted molar refractivity (Wildman–Crippen MR) is 76.5 cm³/mol. The van der Waals surface area contributed by atoms with Crippen LogP contribution >= 0.6 is 11.3 Å². The third-order valence-electron chi connectivity index (χ3n) is 3.04. The third-order valence-corrected chi connectivity index (χ3v) is 4.30. The number of rotatable bonds is 2. The number of nitrogens with one attached hydrogen (secondary N) is 1. The maximum atomic E-state index is 12.0. The van der Waals surface area contributed by atoms with Crippen LogP contribution in [0.1, 0.15) is 15.2 Å². The molecule has 7 heteroatoms. The number of carbonyl (C=O) groups is 1. The number of carbonyl (C=O) groups excluding carboxylic acids is 1. The molecule has 2 heterocycles. The zero-order valence-corrected chi connectivity index (χ0v) is 11.9. The average molecular weight is 279 g/mol. The van der Waals surface area contributed by atoms with E-state index >= 15 is 0 Å². The summed E-state index contributed by atoms with van der Waals surface area (Å²) in [5.74, 6) is -0.152. The van der Waals surface area contributed by atoms with Crippen molar-refractivity contribution in [3.63, 3.8) is 0 Å². The molecule has 0 radical (unpaired) electrons. The Kier molecular flexibility index (Phi) is 3.93. The fraction of sp³-hybridized carbons (Fsp3) is 0.500. The van der Waals surface area contributed by atoms with E-state index in [2.05, 4.69) is 16.3 Å². The largest absolute Gasteiger partial charge is 0.396 e. The summed E-state index contributed by atoms with van der Waals surface area (Å²) in [6.07, 6.45) is 0. The minimum absolute atomic E-state index is 0.152. The molecule has 1 saturated heterocycles. The molecule has 1 fully saturated rings. The van der Waals surface area contributed by atoms with Gasteiger partial charge in [-0.15, -0.1) is 11.3 Å². The number of nitrogens with two attached hydrogens (primary N) is 1. The lowest BCUT2D eigenvalue weighted by Crippen LogP contribution is -2.43. The molecule has 19 heavy (non-hydrogen) atoms. The van der Waals surface area contributed by atoms with Crippen molar-refractivity contribution in [2.45, 2.75) is 0 Å². The van der Waals surface area contributed by atoms with Crippen molar-refractivity contribution in [1.29, 1.82) is 5.26 Å². The van der Waals surface area contributed by atoms with E-state index in [0.29, 0.717) is 16.1 Å². The molecule has 3 N–H and O–H groups in total. The number of piperazine rings is 1. The Morgan fingerprint density at radius 2 is 2.11 bits per heavy atom. The number of amides is 1. The fourth-order valence-corrected chi connectivity index (χ4v) is 3.24. The molecule has 1 aliphatic heterocycles. The standard InChI is InChI=1S/C12H17N5OS/c1-16(2)11(18)10-9(14)8(7-13)12(19-10)17-5-3-15-4-6-17/h15H,3-6,14H2,1-2H3. The third kappa shape index (κ3) is 2.50. The SMILES string of the molecule is CN(C)C(=O)c1sc(N2CCNCC2)c(C#N)c1N. The summed E-state index contributed by atoms with van der Waals surface area (Å²) < 4.78 is 0. The second kappa shape index (κ2) is 5.47. The van der Waals surface area contributed by atoms with Crippen molar-refractivity contribution in [1.82, 2.24) is 10.2 Å². The van der Waals surface area contributed by atoms with Crippen molar-refractivity contribution in [2.24, 2.45) is 0 Å². The number of nitrogens with zero attached hydrogens (tertiary/aromatic N) is 3. The number of thiophene rings is 1. The molecule has 0 atom stereocenters. The van der Waals surface area contributed by atoms with Crippen LogP contribution in [0.15, 0.2) is 0 Å². The molecule has 0 unspecified atom stereocenters. The fourth-order valence-electron chi connectivity index (χ4n) is 1.99. The lowest BCUT2D eigenvalue weighted by atomic mass is 10.2. The van der Waals surface area contributed by atoms with Gasteiger partial charge in [0.1, 0.15) is 21.5 Å². The quantitative estimate of drug-likeness (QED) is 0.814. The van der Waals surface area contributed by atoms with Crippen LogP contribution in [-0.4, -0.2) is 51.1 Å². The maximum Gasteiger partial charge on any atom is 0.265 e. The molecule has 1 aromatic rings. The van der Waals surface area contributed by atoms with Gasteiger partial charge in [-0.3, -0.25) is 4.79 Å². The first-order valence-electron chi connectivity index (χ1n) is 6.06. The van der Waals surface area contributed by atoms with Gasteiger partial charge in [-0.1, -0.05) is 0 Å². The van der Waals surface area contributed by atoms with Crippen LogP contribution in [0.3, 0.4) is 0 Å². The van der Waals surface area contributed by atoms with Gasteiger partial charge in [0.25, 0.3) is 5.91 Å². The van der Waals surface area contributed by atoms with E-state index in [1.54, 1.807) is 14.1 Å². The van der Waals surface area contributed by atoms with Gasteiger partial charge in [-0.2, -0.15) is 5.26 Å². The monoisotopic (exact) mass is 279 g/mol. The first-order valence-corrected chi connectivity index (χ1v) is 6.87. The first kappa shape index (κ1) is 13.6. The summed E-state index contributed by atoms with van der Waals surface area (Å²) in [7, 11) is 3.36. The molecular formula is C12H17N5OS. The highest BCUT2D eigenvalue weighted by molar-refractivity contribution is 7.19. The van der Waals surface area contributed by atoms with E-state index in [4.69, 9.17) is 5.73 Å². The van der Waals surface area contributed by atoms with E-state index in [9.17, 15) is 10.1 Å². The topological polar surface area (TPSA) is 85.4 Å². The second-order valence-corrected chi connectivity index (χ2v) is 5.57. The predicted octanol–water partition coefficient (Wildman–Crippen LogP) is 0.313. The first-order chi connectivity index (χ1) is 9.06. The summed E-state index contributed by atoms with van der Waals surface area (Å²) in [5, 5.41) is 13.3. The molecular weight excluding hydrogens is 262 g/mol. The highest BCUT2D eigenvalue weighted by Gasteiger charge is 2.25. The number of hydrogen-bond acceptors (Lipinski definition) is 6. The van der Waals surface area contributed by atoms with Gasteiger partial charge >= 0.3 is 0 Å². The second-order valence-electron chi connectivity index (χ2n) is 4.57. The Morgan fingerprint density at radius 3 is 2.63 bits per heavy atom. The zero-order chi connectivity index (χ0) is 14.0. The van der Waals surface area contributed by atoms with Crippen molar-refractivity contribution < 1.29 is 4.79 Å². The van der Waals surface area contributed by atoms with Crippen LogP contribution in [0.4, 0.5) is 10.7 Å². The van der Waals surface area contributed by atoms with Gasteiger partial charge in [0.15, 0.2) is 0 Å². The van der Waals surface area contributed by atoms with E-state index in [-0.39, 0.29) is 5.91 Å². The molecule has 0 aromatic carbocycles. The van der Waals surface area contributed by atoms with Crippen LogP contribution in [0, 0.1) is 11.3 Å². The molecule has 0 aliphatic carbocycles. The van der Waals surface area contributed by atoms with Gasteiger partial charge in [-0.25, -0.2) is 0 Å². The summed E-state index contributed by atoms with van der Waals surface area (Å²) >= 11 is 1.31. The van der Waals surface area contributed by atoms with Crippen molar-refractivity contribution >= 4 is 27.9 Å². The van der Waals surface area contributed by atoms with Crippen molar-refractivity contribution in [3.05, 3.63) is 10.4 Å². The molecule has 1 aromatic heterocycles. The van der Waals surface area contributed by atoms with E-state index < -0.39 is 0 Å². The van der Waals surface area contributed by atoms with Gasteiger partial charge in [0.2, 0.25) is 0 Å². The average Bonchev–Trinajstić information content (AvgIpc) is 2.75. The van der Waals surface area contributed by atoms with E-state index in [1.165, 1.54) is 16.2 Å². The molecule has 0 saturated carbocycles. The Balaban J connectivity index is 2.41. The summed E-state index contributed by atoms with van der Waals surface area (Å²) in [4.78, 5) is 16.1. The lowest BCUT2D eigenvalue weighted by molar-refractivity contribution is 0.0833. The minimum atomic E-state index is -0.152. The van der Waals surface area contributed by atoms with Gasteiger partial charge in [-0.05, 0) is 0 Å². The van der Waals surface area contributed by atoms with Crippen molar-refractivity contribution in [3.8, 4) is 6.07 Å². The zero-order valence-electron chi connectivity index (χ0n) is 11.1. The molecule has 1 amide bonds. The molecule has 0 bridgehead atoms. The molecule has 1 aliphatic rings. The van der Waals surface area contributed by atoms with Crippen LogP contribution in [0.25, 0.3) is 0 Å². The van der Waals surface area contributed by atoms with Crippen LogP contribution in [0.2, 0.25) is 0 Å². The van der Waals surface area contributed by atoms with E-state index in [1.807, 2.05) is 0 Å². The number of nitriles is 1. The molecule has 0 spiro atoms. The van der Waals surface area contributed by atoms with Crippen LogP contribution in [-0.2, 0) is 0 Å². The minimum Gasteiger partial charge on any atom is -0.396 e. The van der Waals surface area contributed by atoms with E-state index in [0.717, 1.165) is 31.2 Å². The molecule has 102 valence electrons. The molecule has 2 rings (SSSR count). The maximum absolute atomic E-state index is 12.0. The van der Waals surface area contributed by atoms with Crippen molar-refractivity contribution in [2.75, 3.05) is 50.9 Å². The Morgan fingerprint density at radius 1 is 1.47 bits per heavy atom. The Bertz CT molecular complexity index is 525. The summed E-state index contributed by atoms with van der Waals surface area (Å²) in [6, 6.07) is 2.13. The molecule has 6 nitrogen and oxygen atoms in total. The van der Waals surface area contributed by atoms with Gasteiger partial charge in [0, 0.05) is 40.3 Å². The van der Waals surface area contributed by atoms with Crippen LogP contribution in [0.5, 0.6) is 0 Å². The smallest absolute Gasteiger partial charge is 0.265 e. The lowest BCUT2D eigenvalue weighted by Gasteiger charge is -2.28.